The van der Waals surface area contributed by atoms with Crippen molar-refractivity contribution in [3.05, 3.63) is 17.5 Å². The standard InChI is InChI=1S/C12H18N2O2/c1-9-7-11(14(2)13-9)12(15)8-10-3-5-16-6-4-10/h7,10H,3-6,8H2,1-2H3. The van der Waals surface area contributed by atoms with Crippen LogP contribution in [0.4, 0.5) is 0 Å². The third-order valence-corrected chi connectivity index (χ3v) is 3.10. The van der Waals surface area contributed by atoms with E-state index in [1.165, 1.54) is 0 Å². The summed E-state index contributed by atoms with van der Waals surface area (Å²) in [6.07, 6.45) is 2.63. The fraction of sp³-hybridized carbons (Fsp3) is 0.667. The minimum Gasteiger partial charge on any atom is -0.381 e. The molecule has 0 bridgehead atoms. The number of hydrogen-bond donors (Lipinski definition) is 0. The predicted octanol–water partition coefficient (Wildman–Crippen LogP) is 1.73. The molecule has 0 aromatic carbocycles. The summed E-state index contributed by atoms with van der Waals surface area (Å²) in [4.78, 5) is 12.0. The van der Waals surface area contributed by atoms with Gasteiger partial charge < -0.3 is 4.74 Å². The van der Waals surface area contributed by atoms with Crippen molar-refractivity contribution in [2.45, 2.75) is 26.2 Å². The lowest BCUT2D eigenvalue weighted by atomic mass is 9.93. The average Bonchev–Trinajstić information content (AvgIpc) is 2.59. The van der Waals surface area contributed by atoms with Gasteiger partial charge in [-0.1, -0.05) is 0 Å². The zero-order valence-corrected chi connectivity index (χ0v) is 9.90. The Morgan fingerprint density at radius 1 is 1.56 bits per heavy atom. The second kappa shape index (κ2) is 4.78. The lowest BCUT2D eigenvalue weighted by Crippen LogP contribution is -2.19. The van der Waals surface area contributed by atoms with Crippen LogP contribution in [0.15, 0.2) is 6.07 Å². The maximum atomic E-state index is 12.0. The Bertz CT molecular complexity index is 378. The molecule has 1 aliphatic rings. The van der Waals surface area contributed by atoms with E-state index >= 15 is 0 Å². The Balaban J connectivity index is 1.99. The van der Waals surface area contributed by atoms with Crippen LogP contribution in [0.1, 0.15) is 35.4 Å². The van der Waals surface area contributed by atoms with E-state index in [1.54, 1.807) is 4.68 Å². The highest BCUT2D eigenvalue weighted by atomic mass is 16.5. The minimum atomic E-state index is 0.204. The molecule has 88 valence electrons. The highest BCUT2D eigenvalue weighted by molar-refractivity contribution is 5.94. The molecular weight excluding hydrogens is 204 g/mol. The first-order valence-electron chi connectivity index (χ1n) is 5.78. The molecule has 16 heavy (non-hydrogen) atoms. The number of nitrogens with zero attached hydrogens (tertiary/aromatic N) is 2. The number of Topliss-reactive ketones (excluding diaryl/α,β-unsaturated/α-hetero) is 1. The van der Waals surface area contributed by atoms with E-state index in [0.29, 0.717) is 12.3 Å². The van der Waals surface area contributed by atoms with Crippen LogP contribution in [-0.2, 0) is 11.8 Å². The van der Waals surface area contributed by atoms with Crippen molar-refractivity contribution in [2.75, 3.05) is 13.2 Å². The van der Waals surface area contributed by atoms with E-state index < -0.39 is 0 Å². The highest BCUT2D eigenvalue weighted by Gasteiger charge is 2.20. The van der Waals surface area contributed by atoms with Crippen LogP contribution in [0.25, 0.3) is 0 Å². The van der Waals surface area contributed by atoms with Crippen LogP contribution in [0.2, 0.25) is 0 Å². The Morgan fingerprint density at radius 3 is 2.81 bits per heavy atom. The maximum Gasteiger partial charge on any atom is 0.181 e. The van der Waals surface area contributed by atoms with Gasteiger partial charge in [-0.2, -0.15) is 5.10 Å². The summed E-state index contributed by atoms with van der Waals surface area (Å²) >= 11 is 0. The Labute approximate surface area is 95.6 Å². The molecule has 1 aromatic heterocycles. The van der Waals surface area contributed by atoms with Gasteiger partial charge in [0.2, 0.25) is 0 Å². The van der Waals surface area contributed by atoms with Crippen molar-refractivity contribution in [1.82, 2.24) is 9.78 Å². The van der Waals surface area contributed by atoms with Gasteiger partial charge in [-0.15, -0.1) is 0 Å². The van der Waals surface area contributed by atoms with Gasteiger partial charge >= 0.3 is 0 Å². The lowest BCUT2D eigenvalue weighted by molar-refractivity contribution is 0.0598. The first kappa shape index (κ1) is 11.3. The van der Waals surface area contributed by atoms with Crippen molar-refractivity contribution in [3.8, 4) is 0 Å². The molecule has 2 rings (SSSR count). The van der Waals surface area contributed by atoms with Gasteiger partial charge in [-0.05, 0) is 31.7 Å². The van der Waals surface area contributed by atoms with Crippen molar-refractivity contribution in [1.29, 1.82) is 0 Å². The lowest BCUT2D eigenvalue weighted by Gasteiger charge is -2.21. The summed E-state index contributed by atoms with van der Waals surface area (Å²) in [6, 6.07) is 1.86. The van der Waals surface area contributed by atoms with Crippen LogP contribution in [0.5, 0.6) is 0 Å². The second-order valence-electron chi connectivity index (χ2n) is 4.48. The van der Waals surface area contributed by atoms with E-state index in [2.05, 4.69) is 5.10 Å². The van der Waals surface area contributed by atoms with Crippen molar-refractivity contribution in [3.63, 3.8) is 0 Å². The summed E-state index contributed by atoms with van der Waals surface area (Å²) in [7, 11) is 1.82. The van der Waals surface area contributed by atoms with Gasteiger partial charge in [0.1, 0.15) is 5.69 Å². The SMILES string of the molecule is Cc1cc(C(=O)CC2CCOCC2)n(C)n1. The fourth-order valence-electron chi connectivity index (χ4n) is 2.19. The molecule has 1 aliphatic heterocycles. The summed E-state index contributed by atoms with van der Waals surface area (Å²) in [6.45, 7) is 3.50. The van der Waals surface area contributed by atoms with Crippen LogP contribution < -0.4 is 0 Å². The molecule has 0 saturated carbocycles. The van der Waals surface area contributed by atoms with E-state index in [0.717, 1.165) is 37.4 Å². The van der Waals surface area contributed by atoms with Crippen molar-refractivity contribution >= 4 is 5.78 Å². The molecule has 1 aromatic rings. The molecule has 0 spiro atoms. The molecule has 0 N–H and O–H groups in total. The van der Waals surface area contributed by atoms with Crippen molar-refractivity contribution < 1.29 is 9.53 Å². The van der Waals surface area contributed by atoms with E-state index in [-0.39, 0.29) is 5.78 Å². The van der Waals surface area contributed by atoms with E-state index in [4.69, 9.17) is 4.74 Å². The van der Waals surface area contributed by atoms with Crippen LogP contribution in [-0.4, -0.2) is 28.8 Å². The van der Waals surface area contributed by atoms with Crippen molar-refractivity contribution in [2.24, 2.45) is 13.0 Å². The number of carbonyl (C=O) groups excluding carboxylic acids is 1. The number of ketones is 1. The maximum absolute atomic E-state index is 12.0. The number of carbonyl (C=O) groups is 1. The topological polar surface area (TPSA) is 44.1 Å². The molecule has 4 nitrogen and oxygen atoms in total. The minimum absolute atomic E-state index is 0.204. The van der Waals surface area contributed by atoms with Gasteiger partial charge in [0.15, 0.2) is 5.78 Å². The number of aryl methyl sites for hydroxylation is 2. The summed E-state index contributed by atoms with van der Waals surface area (Å²) in [5.41, 5.74) is 1.63. The third kappa shape index (κ3) is 2.50. The first-order chi connectivity index (χ1) is 7.66. The molecular formula is C12H18N2O2. The normalized spacial score (nSPS) is 17.6. The number of aromatic nitrogens is 2. The van der Waals surface area contributed by atoms with Gasteiger partial charge in [0.25, 0.3) is 0 Å². The summed E-state index contributed by atoms with van der Waals surface area (Å²) in [5, 5.41) is 4.20. The quantitative estimate of drug-likeness (QED) is 0.731. The Kier molecular flexibility index (Phi) is 3.39. The van der Waals surface area contributed by atoms with Crippen LogP contribution in [0.3, 0.4) is 0 Å². The average molecular weight is 222 g/mol. The molecule has 2 heterocycles. The first-order valence-corrected chi connectivity index (χ1v) is 5.78. The molecule has 0 radical (unpaired) electrons. The Hall–Kier alpha value is -1.16. The van der Waals surface area contributed by atoms with Crippen LogP contribution >= 0.6 is 0 Å². The number of ether oxygens (including phenoxy) is 1. The van der Waals surface area contributed by atoms with E-state index in [1.807, 2.05) is 20.0 Å². The Morgan fingerprint density at radius 2 is 2.25 bits per heavy atom. The molecule has 0 atom stereocenters. The van der Waals surface area contributed by atoms with Gasteiger partial charge in [-0.3, -0.25) is 9.48 Å². The zero-order valence-electron chi connectivity index (χ0n) is 9.90. The molecule has 0 aliphatic carbocycles. The summed E-state index contributed by atoms with van der Waals surface area (Å²) in [5.74, 6) is 0.687. The third-order valence-electron chi connectivity index (χ3n) is 3.10. The molecule has 0 amide bonds. The smallest absolute Gasteiger partial charge is 0.181 e. The number of rotatable bonds is 3. The van der Waals surface area contributed by atoms with Gasteiger partial charge in [0.05, 0.1) is 5.69 Å². The molecule has 1 fully saturated rings. The van der Waals surface area contributed by atoms with Crippen LogP contribution in [0, 0.1) is 12.8 Å². The molecule has 1 saturated heterocycles. The van der Waals surface area contributed by atoms with Gasteiger partial charge in [-0.25, -0.2) is 0 Å². The monoisotopic (exact) mass is 222 g/mol. The molecule has 0 unspecified atom stereocenters. The second-order valence-corrected chi connectivity index (χ2v) is 4.48. The predicted molar refractivity (Wildman–Crippen MR) is 60.4 cm³/mol. The van der Waals surface area contributed by atoms with E-state index in [9.17, 15) is 4.79 Å². The number of hydrogen-bond acceptors (Lipinski definition) is 3. The molecule has 4 heteroatoms. The fourth-order valence-corrected chi connectivity index (χ4v) is 2.19. The van der Waals surface area contributed by atoms with Gasteiger partial charge in [0, 0.05) is 26.7 Å². The largest absolute Gasteiger partial charge is 0.381 e. The highest BCUT2D eigenvalue weighted by Crippen LogP contribution is 2.20. The zero-order chi connectivity index (χ0) is 11.5. The summed E-state index contributed by atoms with van der Waals surface area (Å²) < 4.78 is 6.96.